The van der Waals surface area contributed by atoms with Gasteiger partial charge in [-0.3, -0.25) is 9.59 Å². The number of ether oxygens (including phenoxy) is 1. The minimum absolute atomic E-state index is 0.00355. The van der Waals surface area contributed by atoms with Crippen molar-refractivity contribution in [2.24, 2.45) is 5.41 Å². The molecule has 1 saturated carbocycles. The van der Waals surface area contributed by atoms with Gasteiger partial charge in [-0.05, 0) is 18.4 Å². The predicted octanol–water partition coefficient (Wildman–Crippen LogP) is 1.67. The van der Waals surface area contributed by atoms with E-state index in [4.69, 9.17) is 4.74 Å². The van der Waals surface area contributed by atoms with E-state index >= 15 is 0 Å². The Hall–Kier alpha value is -1.92. The third-order valence-electron chi connectivity index (χ3n) is 4.59. The first-order valence-corrected chi connectivity index (χ1v) is 8.20. The van der Waals surface area contributed by atoms with Gasteiger partial charge in [-0.15, -0.1) is 0 Å². The molecule has 1 aromatic rings. The van der Waals surface area contributed by atoms with Gasteiger partial charge in [-0.2, -0.15) is 0 Å². The van der Waals surface area contributed by atoms with E-state index in [1.807, 2.05) is 30.3 Å². The summed E-state index contributed by atoms with van der Waals surface area (Å²) in [6.07, 6.45) is 1.13. The Morgan fingerprint density at radius 3 is 2.50 bits per heavy atom. The molecule has 2 N–H and O–H groups in total. The summed E-state index contributed by atoms with van der Waals surface area (Å²) in [7, 11) is 1.58. The number of aliphatic hydroxyl groups excluding tert-OH is 1. The molecule has 0 spiro atoms. The molecule has 1 aromatic carbocycles. The number of aliphatic hydroxyl groups is 1. The quantitative estimate of drug-likeness (QED) is 0.717. The van der Waals surface area contributed by atoms with Crippen molar-refractivity contribution < 1.29 is 24.5 Å². The van der Waals surface area contributed by atoms with Crippen LogP contribution < -0.4 is 0 Å². The fraction of sp³-hybridized carbons (Fsp3) is 0.556. The lowest BCUT2D eigenvalue weighted by Gasteiger charge is -2.38. The van der Waals surface area contributed by atoms with Crippen molar-refractivity contribution in [1.82, 2.24) is 4.90 Å². The van der Waals surface area contributed by atoms with Gasteiger partial charge in [-0.25, -0.2) is 0 Å². The van der Waals surface area contributed by atoms with Crippen molar-refractivity contribution in [3.63, 3.8) is 0 Å². The van der Waals surface area contributed by atoms with Crippen LogP contribution in [0.15, 0.2) is 30.3 Å². The lowest BCUT2D eigenvalue weighted by atomic mass is 9.66. The Balaban J connectivity index is 1.71. The fourth-order valence-electron chi connectivity index (χ4n) is 2.85. The zero-order chi connectivity index (χ0) is 17.6. The Bertz CT molecular complexity index is 556. The first kappa shape index (κ1) is 18.4. The van der Waals surface area contributed by atoms with Crippen molar-refractivity contribution in [1.29, 1.82) is 0 Å². The van der Waals surface area contributed by atoms with Crippen LogP contribution in [-0.4, -0.2) is 53.3 Å². The molecule has 0 radical (unpaired) electrons. The maximum atomic E-state index is 12.2. The summed E-state index contributed by atoms with van der Waals surface area (Å²) in [6.45, 7) is 0.650. The topological polar surface area (TPSA) is 87.1 Å². The molecule has 0 bridgehead atoms. The molecular formula is C18H25NO5. The van der Waals surface area contributed by atoms with Crippen molar-refractivity contribution >= 4 is 11.9 Å². The molecule has 132 valence electrons. The number of hydrogen-bond acceptors (Lipinski definition) is 4. The highest BCUT2D eigenvalue weighted by Crippen LogP contribution is 2.44. The van der Waals surface area contributed by atoms with Crippen LogP contribution in [0.5, 0.6) is 0 Å². The number of carbonyl (C=O) groups is 2. The average molecular weight is 335 g/mol. The van der Waals surface area contributed by atoms with Gasteiger partial charge in [-0.1, -0.05) is 36.8 Å². The highest BCUT2D eigenvalue weighted by atomic mass is 16.5. The van der Waals surface area contributed by atoms with E-state index in [1.54, 1.807) is 7.05 Å². The van der Waals surface area contributed by atoms with Gasteiger partial charge in [0, 0.05) is 20.0 Å². The first-order valence-electron chi connectivity index (χ1n) is 8.20. The highest BCUT2D eigenvalue weighted by molar-refractivity contribution is 5.85. The molecule has 1 aliphatic carbocycles. The Morgan fingerprint density at radius 2 is 1.96 bits per heavy atom. The molecule has 1 atom stereocenters. The smallest absolute Gasteiger partial charge is 0.310 e. The molecule has 1 amide bonds. The summed E-state index contributed by atoms with van der Waals surface area (Å²) in [5, 5.41) is 19.3. The maximum Gasteiger partial charge on any atom is 0.310 e. The van der Waals surface area contributed by atoms with Crippen LogP contribution in [0.3, 0.4) is 0 Å². The van der Waals surface area contributed by atoms with Crippen LogP contribution in [-0.2, 0) is 20.9 Å². The number of rotatable bonds is 9. The summed E-state index contributed by atoms with van der Waals surface area (Å²) < 4.78 is 5.45. The van der Waals surface area contributed by atoms with Crippen LogP contribution in [0.2, 0.25) is 0 Å². The average Bonchev–Trinajstić information content (AvgIpc) is 2.51. The summed E-state index contributed by atoms with van der Waals surface area (Å²) in [5.74, 6) is -1.15. The molecule has 0 saturated heterocycles. The van der Waals surface area contributed by atoms with Gasteiger partial charge >= 0.3 is 5.97 Å². The van der Waals surface area contributed by atoms with Crippen LogP contribution in [0.1, 0.15) is 31.2 Å². The van der Waals surface area contributed by atoms with E-state index in [1.165, 1.54) is 4.90 Å². The summed E-state index contributed by atoms with van der Waals surface area (Å²) >= 11 is 0. The van der Waals surface area contributed by atoms with Crippen molar-refractivity contribution in [2.45, 2.75) is 38.4 Å². The fourth-order valence-corrected chi connectivity index (χ4v) is 2.85. The Morgan fingerprint density at radius 1 is 1.29 bits per heavy atom. The molecule has 0 aromatic heterocycles. The molecule has 6 heteroatoms. The number of nitrogens with zero attached hydrogens (tertiary/aromatic N) is 1. The summed E-state index contributed by atoms with van der Waals surface area (Å²) in [6, 6.07) is 9.63. The zero-order valence-corrected chi connectivity index (χ0v) is 14.0. The number of aliphatic carboxylic acids is 1. The number of likely N-dealkylation sites (N-methyl/N-ethyl adjacent to an activating group) is 1. The molecule has 0 aliphatic heterocycles. The Labute approximate surface area is 142 Å². The SMILES string of the molecule is CN(CC(O)COCc1ccccc1)C(=O)CC1(C(=O)O)CCC1. The van der Waals surface area contributed by atoms with Crippen LogP contribution in [0.25, 0.3) is 0 Å². The molecule has 1 unspecified atom stereocenters. The molecular weight excluding hydrogens is 310 g/mol. The highest BCUT2D eigenvalue weighted by Gasteiger charge is 2.46. The minimum Gasteiger partial charge on any atom is -0.481 e. The van der Waals surface area contributed by atoms with E-state index in [9.17, 15) is 19.8 Å². The van der Waals surface area contributed by atoms with E-state index in [-0.39, 0.29) is 25.5 Å². The number of carboxylic acids is 1. The number of amides is 1. The predicted molar refractivity (Wildman–Crippen MR) is 88.3 cm³/mol. The third-order valence-corrected chi connectivity index (χ3v) is 4.59. The molecule has 1 fully saturated rings. The standard InChI is InChI=1S/C18H25NO5/c1-19(16(21)10-18(17(22)23)8-5-9-18)11-15(20)13-24-12-14-6-3-2-4-7-14/h2-4,6-7,15,20H,5,8-13H2,1H3,(H,22,23). The van der Waals surface area contributed by atoms with Gasteiger partial charge in [0.05, 0.1) is 24.7 Å². The minimum atomic E-state index is -0.903. The number of carbonyl (C=O) groups excluding carboxylic acids is 1. The van der Waals surface area contributed by atoms with Gasteiger partial charge < -0.3 is 19.8 Å². The van der Waals surface area contributed by atoms with E-state index < -0.39 is 17.5 Å². The molecule has 6 nitrogen and oxygen atoms in total. The number of benzene rings is 1. The van der Waals surface area contributed by atoms with E-state index in [2.05, 4.69) is 0 Å². The normalized spacial score (nSPS) is 16.9. The summed E-state index contributed by atoms with van der Waals surface area (Å²) in [5.41, 5.74) is 0.114. The maximum absolute atomic E-state index is 12.2. The van der Waals surface area contributed by atoms with Crippen molar-refractivity contribution in [3.05, 3.63) is 35.9 Å². The zero-order valence-electron chi connectivity index (χ0n) is 14.0. The second-order valence-corrected chi connectivity index (χ2v) is 6.54. The lowest BCUT2D eigenvalue weighted by molar-refractivity contribution is -0.159. The van der Waals surface area contributed by atoms with Crippen molar-refractivity contribution in [3.8, 4) is 0 Å². The second kappa shape index (κ2) is 8.26. The molecule has 24 heavy (non-hydrogen) atoms. The largest absolute Gasteiger partial charge is 0.481 e. The van der Waals surface area contributed by atoms with Gasteiger partial charge in [0.1, 0.15) is 0 Å². The molecule has 1 aliphatic rings. The van der Waals surface area contributed by atoms with Crippen LogP contribution in [0.4, 0.5) is 0 Å². The number of hydrogen-bond donors (Lipinski definition) is 2. The third kappa shape index (κ3) is 4.79. The second-order valence-electron chi connectivity index (χ2n) is 6.54. The first-order chi connectivity index (χ1) is 11.4. The van der Waals surface area contributed by atoms with Crippen LogP contribution in [0, 0.1) is 5.41 Å². The van der Waals surface area contributed by atoms with Crippen LogP contribution >= 0.6 is 0 Å². The Kier molecular flexibility index (Phi) is 6.34. The van der Waals surface area contributed by atoms with Gasteiger partial charge in [0.15, 0.2) is 0 Å². The molecule has 2 rings (SSSR count). The van der Waals surface area contributed by atoms with Gasteiger partial charge in [0.2, 0.25) is 5.91 Å². The van der Waals surface area contributed by atoms with E-state index in [0.29, 0.717) is 19.4 Å². The van der Waals surface area contributed by atoms with E-state index in [0.717, 1.165) is 12.0 Å². The number of carboxylic acid groups (broad SMARTS) is 1. The van der Waals surface area contributed by atoms with Crippen molar-refractivity contribution in [2.75, 3.05) is 20.2 Å². The van der Waals surface area contributed by atoms with Gasteiger partial charge in [0.25, 0.3) is 0 Å². The lowest BCUT2D eigenvalue weighted by Crippen LogP contribution is -2.44. The summed E-state index contributed by atoms with van der Waals surface area (Å²) in [4.78, 5) is 24.9. The molecule has 0 heterocycles. The monoisotopic (exact) mass is 335 g/mol.